The number of aryl methyl sites for hydroxylation is 1. The Morgan fingerprint density at radius 2 is 1.96 bits per heavy atom. The molecule has 1 fully saturated rings. The highest BCUT2D eigenvalue weighted by Crippen LogP contribution is 2.32. The summed E-state index contributed by atoms with van der Waals surface area (Å²) in [5.41, 5.74) is 0.125. The van der Waals surface area contributed by atoms with E-state index in [-0.39, 0.29) is 24.0 Å². The van der Waals surface area contributed by atoms with E-state index in [1.54, 1.807) is 6.92 Å². The zero-order valence-electron chi connectivity index (χ0n) is 13.0. The van der Waals surface area contributed by atoms with Gasteiger partial charge in [-0.15, -0.1) is 12.4 Å². The largest absolute Gasteiger partial charge is 0.416 e. The van der Waals surface area contributed by atoms with Crippen LogP contribution in [0.15, 0.2) is 18.2 Å². The summed E-state index contributed by atoms with van der Waals surface area (Å²) in [7, 11) is 0. The molecule has 130 valence electrons. The van der Waals surface area contributed by atoms with Gasteiger partial charge < -0.3 is 10.6 Å². The molecule has 0 aromatic heterocycles. The fraction of sp³-hybridized carbons (Fsp3) is 0.562. The van der Waals surface area contributed by atoms with Gasteiger partial charge in [0.2, 0.25) is 5.91 Å². The number of carbonyl (C=O) groups is 1. The van der Waals surface area contributed by atoms with E-state index in [2.05, 4.69) is 10.6 Å². The minimum atomic E-state index is -4.40. The SMILES string of the molecule is Cc1ccc(C(F)(F)F)cc1NC(=O)CCC1CCNCC1.Cl. The highest BCUT2D eigenvalue weighted by Gasteiger charge is 2.30. The Balaban J connectivity index is 0.00000264. The summed E-state index contributed by atoms with van der Waals surface area (Å²) < 4.78 is 38.1. The Labute approximate surface area is 140 Å². The molecule has 0 saturated carbocycles. The van der Waals surface area contributed by atoms with Crippen LogP contribution in [0.2, 0.25) is 0 Å². The molecule has 0 aliphatic carbocycles. The van der Waals surface area contributed by atoms with Gasteiger partial charge in [-0.2, -0.15) is 13.2 Å². The average Bonchev–Trinajstić information content (AvgIpc) is 2.47. The maximum atomic E-state index is 12.7. The molecule has 0 bridgehead atoms. The molecule has 23 heavy (non-hydrogen) atoms. The van der Waals surface area contributed by atoms with E-state index in [0.29, 0.717) is 17.9 Å². The molecular formula is C16H22ClF3N2O. The van der Waals surface area contributed by atoms with Crippen LogP contribution in [0.3, 0.4) is 0 Å². The molecule has 3 nitrogen and oxygen atoms in total. The van der Waals surface area contributed by atoms with Crippen molar-refractivity contribution in [3.05, 3.63) is 29.3 Å². The van der Waals surface area contributed by atoms with Crippen molar-refractivity contribution >= 4 is 24.0 Å². The maximum absolute atomic E-state index is 12.7. The Kier molecular flexibility index (Phi) is 7.35. The Morgan fingerprint density at radius 1 is 1.30 bits per heavy atom. The molecule has 1 aromatic carbocycles. The van der Waals surface area contributed by atoms with E-state index in [1.807, 2.05) is 0 Å². The average molecular weight is 351 g/mol. The number of nitrogens with one attached hydrogen (secondary N) is 2. The van der Waals surface area contributed by atoms with Crippen molar-refractivity contribution in [2.75, 3.05) is 18.4 Å². The molecule has 1 amide bonds. The van der Waals surface area contributed by atoms with Crippen LogP contribution in [-0.4, -0.2) is 19.0 Å². The van der Waals surface area contributed by atoms with Gasteiger partial charge in [0.05, 0.1) is 5.56 Å². The predicted molar refractivity (Wildman–Crippen MR) is 86.9 cm³/mol. The fourth-order valence-electron chi connectivity index (χ4n) is 2.65. The first-order chi connectivity index (χ1) is 10.4. The van der Waals surface area contributed by atoms with Gasteiger partial charge in [-0.25, -0.2) is 0 Å². The molecule has 0 atom stereocenters. The lowest BCUT2D eigenvalue weighted by molar-refractivity contribution is -0.137. The molecule has 1 aliphatic heterocycles. The van der Waals surface area contributed by atoms with E-state index >= 15 is 0 Å². The molecule has 1 saturated heterocycles. The van der Waals surface area contributed by atoms with Gasteiger partial charge in [0.1, 0.15) is 0 Å². The summed E-state index contributed by atoms with van der Waals surface area (Å²) in [6, 6.07) is 3.41. The number of hydrogen-bond donors (Lipinski definition) is 2. The van der Waals surface area contributed by atoms with Crippen LogP contribution in [0.5, 0.6) is 0 Å². The molecular weight excluding hydrogens is 329 g/mol. The van der Waals surface area contributed by atoms with Crippen molar-refractivity contribution in [2.45, 2.75) is 38.8 Å². The first kappa shape index (κ1) is 19.8. The second-order valence-electron chi connectivity index (χ2n) is 5.81. The zero-order valence-corrected chi connectivity index (χ0v) is 13.8. The monoisotopic (exact) mass is 350 g/mol. The van der Waals surface area contributed by atoms with E-state index in [9.17, 15) is 18.0 Å². The van der Waals surface area contributed by atoms with E-state index in [1.165, 1.54) is 6.07 Å². The van der Waals surface area contributed by atoms with Crippen LogP contribution in [-0.2, 0) is 11.0 Å². The Morgan fingerprint density at radius 3 is 2.57 bits per heavy atom. The van der Waals surface area contributed by atoms with Crippen molar-refractivity contribution in [2.24, 2.45) is 5.92 Å². The summed E-state index contributed by atoms with van der Waals surface area (Å²) in [6.45, 7) is 3.63. The van der Waals surface area contributed by atoms with Gasteiger partial charge in [0, 0.05) is 12.1 Å². The molecule has 0 unspecified atom stereocenters. The van der Waals surface area contributed by atoms with Crippen LogP contribution in [0.4, 0.5) is 18.9 Å². The van der Waals surface area contributed by atoms with Crippen molar-refractivity contribution in [1.29, 1.82) is 0 Å². The van der Waals surface area contributed by atoms with Gasteiger partial charge in [-0.05, 0) is 62.9 Å². The zero-order chi connectivity index (χ0) is 16.2. The third kappa shape index (κ3) is 6.03. The van der Waals surface area contributed by atoms with Crippen LogP contribution < -0.4 is 10.6 Å². The highest BCUT2D eigenvalue weighted by molar-refractivity contribution is 5.91. The molecule has 0 radical (unpaired) electrons. The van der Waals surface area contributed by atoms with Crippen molar-refractivity contribution in [1.82, 2.24) is 5.32 Å². The van der Waals surface area contributed by atoms with Gasteiger partial charge >= 0.3 is 6.18 Å². The van der Waals surface area contributed by atoms with Crippen molar-refractivity contribution in [3.63, 3.8) is 0 Å². The van der Waals surface area contributed by atoms with Crippen molar-refractivity contribution in [3.8, 4) is 0 Å². The van der Waals surface area contributed by atoms with E-state index in [0.717, 1.165) is 44.5 Å². The number of alkyl halides is 3. The fourth-order valence-corrected chi connectivity index (χ4v) is 2.65. The number of carbonyl (C=O) groups excluding carboxylic acids is 1. The standard InChI is InChI=1S/C16H21F3N2O.ClH/c1-11-2-4-13(16(17,18)19)10-14(11)21-15(22)5-3-12-6-8-20-9-7-12;/h2,4,10,12,20H,3,5-9H2,1H3,(H,21,22);1H. The Bertz CT molecular complexity index is 529. The summed E-state index contributed by atoms with van der Waals surface area (Å²) in [6.07, 6.45) is -1.17. The van der Waals surface area contributed by atoms with Gasteiger partial charge in [-0.1, -0.05) is 6.07 Å². The minimum Gasteiger partial charge on any atom is -0.326 e. The molecule has 1 heterocycles. The molecule has 1 aromatic rings. The van der Waals surface area contributed by atoms with Crippen molar-refractivity contribution < 1.29 is 18.0 Å². The van der Waals surface area contributed by atoms with Crippen LogP contribution in [0.25, 0.3) is 0 Å². The van der Waals surface area contributed by atoms with Crippen LogP contribution in [0, 0.1) is 12.8 Å². The van der Waals surface area contributed by atoms with E-state index in [4.69, 9.17) is 0 Å². The van der Waals surface area contributed by atoms with Gasteiger partial charge in [-0.3, -0.25) is 4.79 Å². The molecule has 7 heteroatoms. The van der Waals surface area contributed by atoms with E-state index < -0.39 is 11.7 Å². The summed E-state index contributed by atoms with van der Waals surface area (Å²) in [5, 5.41) is 5.87. The first-order valence-corrected chi connectivity index (χ1v) is 7.54. The molecule has 1 aliphatic rings. The first-order valence-electron chi connectivity index (χ1n) is 7.54. The molecule has 2 N–H and O–H groups in total. The molecule has 0 spiro atoms. The smallest absolute Gasteiger partial charge is 0.326 e. The van der Waals surface area contributed by atoms with Gasteiger partial charge in [0.25, 0.3) is 0 Å². The number of rotatable bonds is 4. The second-order valence-corrected chi connectivity index (χ2v) is 5.81. The normalized spacial score (nSPS) is 15.8. The number of hydrogen-bond acceptors (Lipinski definition) is 2. The summed E-state index contributed by atoms with van der Waals surface area (Å²) >= 11 is 0. The van der Waals surface area contributed by atoms with Crippen LogP contribution >= 0.6 is 12.4 Å². The lowest BCUT2D eigenvalue weighted by atomic mass is 9.93. The van der Waals surface area contributed by atoms with Crippen LogP contribution in [0.1, 0.15) is 36.8 Å². The summed E-state index contributed by atoms with van der Waals surface area (Å²) in [4.78, 5) is 12.0. The highest BCUT2D eigenvalue weighted by atomic mass is 35.5. The Hall–Kier alpha value is -1.27. The maximum Gasteiger partial charge on any atom is 0.416 e. The van der Waals surface area contributed by atoms with Gasteiger partial charge in [0.15, 0.2) is 0 Å². The third-order valence-electron chi connectivity index (χ3n) is 4.08. The topological polar surface area (TPSA) is 41.1 Å². The summed E-state index contributed by atoms with van der Waals surface area (Å²) in [5.74, 6) is 0.301. The predicted octanol–water partition coefficient (Wildman–Crippen LogP) is 4.15. The quantitative estimate of drug-likeness (QED) is 0.856. The molecule has 2 rings (SSSR count). The second kappa shape index (κ2) is 8.55. The number of benzene rings is 1. The number of halogens is 4. The lowest BCUT2D eigenvalue weighted by Gasteiger charge is -2.22. The lowest BCUT2D eigenvalue weighted by Crippen LogP contribution is -2.28. The minimum absolute atomic E-state index is 0. The number of amides is 1. The third-order valence-corrected chi connectivity index (χ3v) is 4.08. The number of piperidine rings is 1. The number of anilines is 1.